The second-order valence-electron chi connectivity index (χ2n) is 5.26. The number of imidazole rings is 1. The molecule has 0 N–H and O–H groups in total. The van der Waals surface area contributed by atoms with Crippen LogP contribution in [-0.2, 0) is 6.54 Å². The van der Waals surface area contributed by atoms with E-state index in [1.54, 1.807) is 23.3 Å². The number of halogens is 1. The van der Waals surface area contributed by atoms with Crippen LogP contribution < -0.4 is 0 Å². The molecule has 3 heterocycles. The van der Waals surface area contributed by atoms with Gasteiger partial charge in [-0.1, -0.05) is 23.7 Å². The summed E-state index contributed by atoms with van der Waals surface area (Å²) < 4.78 is 2.02. The number of rotatable bonds is 3. The van der Waals surface area contributed by atoms with Gasteiger partial charge < -0.3 is 4.90 Å². The molecule has 0 radical (unpaired) electrons. The quantitative estimate of drug-likeness (QED) is 0.537. The number of carbonyl (C=O) groups excluding carboxylic acids is 1. The SMILES string of the molecule is CN(Cc1cccc(Cl)c1)C(=O)c1cc2c(nc3sccn32)s1. The van der Waals surface area contributed by atoms with Crippen molar-refractivity contribution in [3.63, 3.8) is 0 Å². The van der Waals surface area contributed by atoms with Crippen LogP contribution in [0.15, 0.2) is 41.9 Å². The summed E-state index contributed by atoms with van der Waals surface area (Å²) in [5, 5.41) is 2.67. The molecule has 7 heteroatoms. The van der Waals surface area contributed by atoms with E-state index in [-0.39, 0.29) is 5.91 Å². The highest BCUT2D eigenvalue weighted by atomic mass is 35.5. The largest absolute Gasteiger partial charge is 0.337 e. The Morgan fingerprint density at radius 3 is 3.09 bits per heavy atom. The second-order valence-corrected chi connectivity index (χ2v) is 7.60. The summed E-state index contributed by atoms with van der Waals surface area (Å²) >= 11 is 9.02. The number of thiophene rings is 1. The average Bonchev–Trinajstić information content (AvgIpc) is 3.17. The first-order valence-corrected chi connectivity index (χ1v) is 9.04. The molecule has 4 rings (SSSR count). The van der Waals surface area contributed by atoms with E-state index in [2.05, 4.69) is 4.98 Å². The van der Waals surface area contributed by atoms with Crippen molar-refractivity contribution in [1.82, 2.24) is 14.3 Å². The third-order valence-corrected chi connectivity index (χ3v) is 5.60. The van der Waals surface area contributed by atoms with Crippen LogP contribution in [0.3, 0.4) is 0 Å². The lowest BCUT2D eigenvalue weighted by atomic mass is 10.2. The van der Waals surface area contributed by atoms with Crippen molar-refractivity contribution in [2.45, 2.75) is 6.54 Å². The van der Waals surface area contributed by atoms with Gasteiger partial charge in [0.25, 0.3) is 5.91 Å². The summed E-state index contributed by atoms with van der Waals surface area (Å²) in [4.78, 5) is 21.4. The lowest BCUT2D eigenvalue weighted by Crippen LogP contribution is -2.25. The third-order valence-electron chi connectivity index (χ3n) is 3.61. The van der Waals surface area contributed by atoms with Crippen molar-refractivity contribution >= 4 is 55.5 Å². The summed E-state index contributed by atoms with van der Waals surface area (Å²) in [5.41, 5.74) is 2.00. The molecule has 23 heavy (non-hydrogen) atoms. The summed E-state index contributed by atoms with van der Waals surface area (Å²) in [6.07, 6.45) is 1.98. The number of fused-ring (bicyclic) bond motifs is 3. The number of hydrogen-bond acceptors (Lipinski definition) is 4. The molecule has 1 aromatic carbocycles. The molecular formula is C16H12ClN3OS2. The smallest absolute Gasteiger partial charge is 0.264 e. The van der Waals surface area contributed by atoms with Gasteiger partial charge in [-0.25, -0.2) is 4.98 Å². The van der Waals surface area contributed by atoms with Crippen molar-refractivity contribution in [3.8, 4) is 0 Å². The van der Waals surface area contributed by atoms with Crippen LogP contribution in [0.2, 0.25) is 5.02 Å². The molecule has 0 aliphatic carbocycles. The molecule has 0 aliphatic heterocycles. The minimum absolute atomic E-state index is 0.00282. The van der Waals surface area contributed by atoms with Gasteiger partial charge in [0.05, 0.1) is 10.4 Å². The summed E-state index contributed by atoms with van der Waals surface area (Å²) in [7, 11) is 1.80. The van der Waals surface area contributed by atoms with Gasteiger partial charge >= 0.3 is 0 Å². The first kappa shape index (κ1) is 14.7. The van der Waals surface area contributed by atoms with Crippen LogP contribution >= 0.6 is 34.3 Å². The molecule has 0 saturated heterocycles. The van der Waals surface area contributed by atoms with E-state index in [1.165, 1.54) is 11.3 Å². The normalized spacial score (nSPS) is 11.4. The number of thiazole rings is 1. The fraction of sp³-hybridized carbons (Fsp3) is 0.125. The molecule has 0 spiro atoms. The van der Waals surface area contributed by atoms with Gasteiger partial charge in [0.1, 0.15) is 4.83 Å². The Hall–Kier alpha value is -1.89. The van der Waals surface area contributed by atoms with Crippen LogP contribution in [0.1, 0.15) is 15.2 Å². The first-order chi connectivity index (χ1) is 11.1. The van der Waals surface area contributed by atoms with Crippen molar-refractivity contribution in [2.75, 3.05) is 7.05 Å². The van der Waals surface area contributed by atoms with E-state index >= 15 is 0 Å². The van der Waals surface area contributed by atoms with Gasteiger partial charge in [-0.3, -0.25) is 9.20 Å². The number of carbonyl (C=O) groups is 1. The average molecular weight is 362 g/mol. The highest BCUT2D eigenvalue weighted by molar-refractivity contribution is 7.21. The molecule has 116 valence electrons. The van der Waals surface area contributed by atoms with Crippen LogP contribution in [0.5, 0.6) is 0 Å². The van der Waals surface area contributed by atoms with Crippen molar-refractivity contribution in [2.24, 2.45) is 0 Å². The van der Waals surface area contributed by atoms with Gasteiger partial charge in [0.15, 0.2) is 4.96 Å². The monoisotopic (exact) mass is 361 g/mol. The molecule has 0 aliphatic rings. The Balaban J connectivity index is 1.61. The zero-order valence-corrected chi connectivity index (χ0v) is 14.6. The number of benzene rings is 1. The van der Waals surface area contributed by atoms with Gasteiger partial charge in [-0.05, 0) is 23.8 Å². The highest BCUT2D eigenvalue weighted by Crippen LogP contribution is 2.29. The van der Waals surface area contributed by atoms with Crippen molar-refractivity contribution < 1.29 is 4.79 Å². The predicted octanol–water partition coefficient (Wildman–Crippen LogP) is 4.54. The zero-order chi connectivity index (χ0) is 16.0. The van der Waals surface area contributed by atoms with E-state index < -0.39 is 0 Å². The number of hydrogen-bond donors (Lipinski definition) is 0. The fourth-order valence-corrected chi connectivity index (χ4v) is 4.53. The fourth-order valence-electron chi connectivity index (χ4n) is 2.52. The lowest BCUT2D eigenvalue weighted by molar-refractivity contribution is 0.0790. The topological polar surface area (TPSA) is 37.6 Å². The summed E-state index contributed by atoms with van der Waals surface area (Å²) in [5.74, 6) is -0.00282. The van der Waals surface area contributed by atoms with Crippen molar-refractivity contribution in [1.29, 1.82) is 0 Å². The maximum absolute atomic E-state index is 12.6. The van der Waals surface area contributed by atoms with E-state index in [1.807, 2.05) is 46.3 Å². The Morgan fingerprint density at radius 2 is 2.26 bits per heavy atom. The lowest BCUT2D eigenvalue weighted by Gasteiger charge is -2.16. The van der Waals surface area contributed by atoms with Gasteiger partial charge in [0.2, 0.25) is 0 Å². The van der Waals surface area contributed by atoms with E-state index in [4.69, 9.17) is 11.6 Å². The Bertz CT molecular complexity index is 1020. The molecule has 0 unspecified atom stereocenters. The highest BCUT2D eigenvalue weighted by Gasteiger charge is 2.18. The summed E-state index contributed by atoms with van der Waals surface area (Å²) in [6, 6.07) is 9.48. The Morgan fingerprint density at radius 1 is 1.39 bits per heavy atom. The second kappa shape index (κ2) is 5.63. The maximum atomic E-state index is 12.6. The molecule has 4 aromatic rings. The molecule has 0 bridgehead atoms. The molecule has 4 nitrogen and oxygen atoms in total. The van der Waals surface area contributed by atoms with Gasteiger partial charge in [0, 0.05) is 30.2 Å². The van der Waals surface area contributed by atoms with Gasteiger partial charge in [-0.2, -0.15) is 0 Å². The van der Waals surface area contributed by atoms with Crippen LogP contribution in [0, 0.1) is 0 Å². The standard InChI is InChI=1S/C16H12ClN3OS2/c1-19(9-10-3-2-4-11(17)7-10)15(21)13-8-12-14(23-13)18-16-20(12)5-6-22-16/h2-8H,9H2,1H3. The van der Waals surface area contributed by atoms with Crippen LogP contribution in [0.4, 0.5) is 0 Å². The number of nitrogens with zero attached hydrogens (tertiary/aromatic N) is 3. The molecule has 0 fully saturated rings. The van der Waals surface area contributed by atoms with E-state index in [0.29, 0.717) is 16.4 Å². The Kier molecular flexibility index (Phi) is 3.60. The van der Waals surface area contributed by atoms with E-state index in [0.717, 1.165) is 20.9 Å². The zero-order valence-electron chi connectivity index (χ0n) is 12.2. The Labute approximate surface area is 145 Å². The third kappa shape index (κ3) is 2.63. The number of aromatic nitrogens is 2. The van der Waals surface area contributed by atoms with E-state index in [9.17, 15) is 4.79 Å². The van der Waals surface area contributed by atoms with Crippen LogP contribution in [0.25, 0.3) is 15.3 Å². The maximum Gasteiger partial charge on any atom is 0.264 e. The first-order valence-electron chi connectivity index (χ1n) is 6.97. The molecule has 1 amide bonds. The van der Waals surface area contributed by atoms with Gasteiger partial charge in [-0.15, -0.1) is 22.7 Å². The minimum Gasteiger partial charge on any atom is -0.337 e. The molecule has 3 aromatic heterocycles. The number of amides is 1. The molecule has 0 atom stereocenters. The van der Waals surface area contributed by atoms with Crippen molar-refractivity contribution in [3.05, 3.63) is 57.4 Å². The molecule has 0 saturated carbocycles. The summed E-state index contributed by atoms with van der Waals surface area (Å²) in [6.45, 7) is 0.524. The minimum atomic E-state index is -0.00282. The molecular weight excluding hydrogens is 350 g/mol. The van der Waals surface area contributed by atoms with Crippen LogP contribution in [-0.4, -0.2) is 27.2 Å². The predicted molar refractivity (Wildman–Crippen MR) is 95.7 cm³/mol.